The predicted molar refractivity (Wildman–Crippen MR) is 127 cm³/mol. The molecule has 0 saturated carbocycles. The van der Waals surface area contributed by atoms with Gasteiger partial charge in [-0.3, -0.25) is 14.5 Å². The second kappa shape index (κ2) is 9.38. The van der Waals surface area contributed by atoms with Crippen LogP contribution in [0.25, 0.3) is 5.76 Å². The topological polar surface area (TPSA) is 76.1 Å². The molecule has 1 saturated heterocycles. The van der Waals surface area contributed by atoms with E-state index in [1.165, 1.54) is 4.90 Å². The molecular weight excluding hydrogens is 442 g/mol. The molecule has 0 spiro atoms. The number of Topliss-reactive ketones (excluding diaryl/α,β-unsaturated/α-hetero) is 1. The zero-order valence-electron chi connectivity index (χ0n) is 18.1. The molecule has 1 aliphatic heterocycles. The summed E-state index contributed by atoms with van der Waals surface area (Å²) in [5.74, 6) is -0.494. The minimum Gasteiger partial charge on any atom is -0.507 e. The first kappa shape index (κ1) is 22.4. The number of ketones is 1. The maximum Gasteiger partial charge on any atom is 0.300 e. The van der Waals surface area contributed by atoms with E-state index in [4.69, 9.17) is 21.1 Å². The van der Waals surface area contributed by atoms with E-state index in [2.05, 4.69) is 0 Å². The Kier molecular flexibility index (Phi) is 6.38. The van der Waals surface area contributed by atoms with Gasteiger partial charge in [-0.1, -0.05) is 23.7 Å². The number of methoxy groups -OCH3 is 1. The molecule has 0 unspecified atom stereocenters. The van der Waals surface area contributed by atoms with Gasteiger partial charge in [0.15, 0.2) is 0 Å². The number of nitrogens with zero attached hydrogens (tertiary/aromatic N) is 1. The van der Waals surface area contributed by atoms with Crippen molar-refractivity contribution in [2.45, 2.75) is 13.0 Å². The number of carbonyl (C=O) groups is 2. The Morgan fingerprint density at radius 3 is 2.12 bits per heavy atom. The van der Waals surface area contributed by atoms with Crippen LogP contribution < -0.4 is 14.4 Å². The summed E-state index contributed by atoms with van der Waals surface area (Å²) in [5, 5.41) is 11.7. The summed E-state index contributed by atoms with van der Waals surface area (Å²) in [5.41, 5.74) is 1.55. The number of anilines is 1. The van der Waals surface area contributed by atoms with Crippen molar-refractivity contribution in [3.63, 3.8) is 0 Å². The molecule has 1 fully saturated rings. The quantitative estimate of drug-likeness (QED) is 0.302. The lowest BCUT2D eigenvalue weighted by molar-refractivity contribution is -0.132. The molecule has 1 atom stereocenters. The highest BCUT2D eigenvalue weighted by molar-refractivity contribution is 6.51. The smallest absolute Gasteiger partial charge is 0.300 e. The molecule has 33 heavy (non-hydrogen) atoms. The average Bonchev–Trinajstić information content (AvgIpc) is 3.10. The van der Waals surface area contributed by atoms with Crippen LogP contribution in [0, 0.1) is 0 Å². The molecule has 3 aromatic carbocycles. The fraction of sp³-hybridized carbons (Fsp3) is 0.154. The van der Waals surface area contributed by atoms with Gasteiger partial charge in [-0.25, -0.2) is 0 Å². The number of halogens is 1. The van der Waals surface area contributed by atoms with Gasteiger partial charge in [0, 0.05) is 16.3 Å². The third kappa shape index (κ3) is 4.30. The summed E-state index contributed by atoms with van der Waals surface area (Å²) < 4.78 is 10.7. The average molecular weight is 464 g/mol. The van der Waals surface area contributed by atoms with E-state index in [1.807, 2.05) is 6.92 Å². The molecule has 1 heterocycles. The number of aliphatic hydroxyl groups is 1. The van der Waals surface area contributed by atoms with Gasteiger partial charge in [-0.15, -0.1) is 0 Å². The van der Waals surface area contributed by atoms with Crippen LogP contribution in [0.2, 0.25) is 5.02 Å². The van der Waals surface area contributed by atoms with Gasteiger partial charge < -0.3 is 14.6 Å². The van der Waals surface area contributed by atoms with Crippen LogP contribution in [0.1, 0.15) is 24.1 Å². The summed E-state index contributed by atoms with van der Waals surface area (Å²) in [6.45, 7) is 2.38. The van der Waals surface area contributed by atoms with Crippen LogP contribution in [-0.2, 0) is 9.59 Å². The predicted octanol–water partition coefficient (Wildman–Crippen LogP) is 5.37. The Balaban J connectivity index is 1.86. The van der Waals surface area contributed by atoms with Gasteiger partial charge in [0.05, 0.1) is 25.3 Å². The molecule has 168 valence electrons. The lowest BCUT2D eigenvalue weighted by Gasteiger charge is -2.25. The summed E-state index contributed by atoms with van der Waals surface area (Å²) in [6.07, 6.45) is 0. The van der Waals surface area contributed by atoms with Crippen molar-refractivity contribution in [1.82, 2.24) is 0 Å². The second-order valence-corrected chi connectivity index (χ2v) is 7.81. The minimum atomic E-state index is -0.831. The molecule has 0 radical (unpaired) electrons. The maximum absolute atomic E-state index is 13.2. The Morgan fingerprint density at radius 2 is 1.55 bits per heavy atom. The first-order valence-electron chi connectivity index (χ1n) is 10.4. The molecular formula is C26H22ClNO5. The van der Waals surface area contributed by atoms with E-state index < -0.39 is 17.7 Å². The van der Waals surface area contributed by atoms with Gasteiger partial charge in [-0.05, 0) is 73.2 Å². The maximum atomic E-state index is 13.2. The Morgan fingerprint density at radius 1 is 0.939 bits per heavy atom. The summed E-state index contributed by atoms with van der Waals surface area (Å²) in [7, 11) is 1.55. The highest BCUT2D eigenvalue weighted by Crippen LogP contribution is 2.42. The molecule has 4 rings (SSSR count). The Labute approximate surface area is 196 Å². The fourth-order valence-corrected chi connectivity index (χ4v) is 3.96. The molecule has 3 aromatic rings. The van der Waals surface area contributed by atoms with E-state index in [-0.39, 0.29) is 11.3 Å². The fourth-order valence-electron chi connectivity index (χ4n) is 3.83. The Bertz CT molecular complexity index is 1200. The minimum absolute atomic E-state index is 0.00213. The number of amides is 1. The van der Waals surface area contributed by atoms with Crippen LogP contribution in [0.15, 0.2) is 78.4 Å². The molecule has 0 aliphatic carbocycles. The number of hydrogen-bond donors (Lipinski definition) is 1. The van der Waals surface area contributed by atoms with E-state index in [1.54, 1.807) is 79.9 Å². The number of carbonyl (C=O) groups excluding carboxylic acids is 2. The van der Waals surface area contributed by atoms with Crippen LogP contribution in [0.4, 0.5) is 5.69 Å². The summed E-state index contributed by atoms with van der Waals surface area (Å²) >= 11 is 6.06. The largest absolute Gasteiger partial charge is 0.507 e. The molecule has 1 N–H and O–H groups in total. The van der Waals surface area contributed by atoms with Crippen LogP contribution in [0.3, 0.4) is 0 Å². The van der Waals surface area contributed by atoms with Gasteiger partial charge >= 0.3 is 0 Å². The highest BCUT2D eigenvalue weighted by atomic mass is 35.5. The summed E-state index contributed by atoms with van der Waals surface area (Å²) in [6, 6.07) is 19.5. The molecule has 7 heteroatoms. The molecule has 0 aromatic heterocycles. The number of rotatable bonds is 6. The van der Waals surface area contributed by atoms with Crippen LogP contribution in [-0.4, -0.2) is 30.5 Å². The van der Waals surface area contributed by atoms with Gasteiger partial charge in [0.25, 0.3) is 11.7 Å². The summed E-state index contributed by atoms with van der Waals surface area (Å²) in [4.78, 5) is 27.7. The van der Waals surface area contributed by atoms with E-state index in [0.717, 1.165) is 0 Å². The lowest BCUT2D eigenvalue weighted by Crippen LogP contribution is -2.29. The van der Waals surface area contributed by atoms with E-state index >= 15 is 0 Å². The normalized spacial score (nSPS) is 17.3. The first-order chi connectivity index (χ1) is 15.9. The molecule has 6 nitrogen and oxygen atoms in total. The second-order valence-electron chi connectivity index (χ2n) is 7.38. The zero-order valence-corrected chi connectivity index (χ0v) is 18.9. The monoisotopic (exact) mass is 463 g/mol. The van der Waals surface area contributed by atoms with Gasteiger partial charge in [-0.2, -0.15) is 0 Å². The van der Waals surface area contributed by atoms with E-state index in [9.17, 15) is 14.7 Å². The van der Waals surface area contributed by atoms with Crippen molar-refractivity contribution in [2.75, 3.05) is 18.6 Å². The number of ether oxygens (including phenoxy) is 2. The number of aliphatic hydroxyl groups excluding tert-OH is 1. The van der Waals surface area contributed by atoms with Gasteiger partial charge in [0.2, 0.25) is 0 Å². The molecule has 1 aliphatic rings. The van der Waals surface area contributed by atoms with Crippen molar-refractivity contribution in [1.29, 1.82) is 0 Å². The highest BCUT2D eigenvalue weighted by Gasteiger charge is 2.46. The molecule has 0 bridgehead atoms. The van der Waals surface area contributed by atoms with E-state index in [0.29, 0.717) is 39.9 Å². The first-order valence-corrected chi connectivity index (χ1v) is 10.8. The third-order valence-electron chi connectivity index (χ3n) is 5.42. The SMILES string of the molecule is CCOc1ccc(C(O)=C2C(=O)C(=O)N(c3ccc(OC)cc3)[C@@H]2c2ccc(Cl)cc2)cc1. The van der Waals surface area contributed by atoms with Crippen molar-refractivity contribution < 1.29 is 24.2 Å². The van der Waals surface area contributed by atoms with Crippen molar-refractivity contribution in [3.8, 4) is 11.5 Å². The van der Waals surface area contributed by atoms with Crippen molar-refractivity contribution >= 4 is 34.7 Å². The zero-order chi connectivity index (χ0) is 23.5. The standard InChI is InChI=1S/C26H22ClNO5/c1-3-33-21-12-6-17(7-13-21)24(29)22-23(16-4-8-18(27)9-5-16)28(26(31)25(22)30)19-10-14-20(32-2)15-11-19/h4-15,23,29H,3H2,1-2H3/t23-/m1/s1. The Hall–Kier alpha value is -3.77. The van der Waals surface area contributed by atoms with Crippen LogP contribution >= 0.6 is 11.6 Å². The molecule has 1 amide bonds. The third-order valence-corrected chi connectivity index (χ3v) is 5.67. The lowest BCUT2D eigenvalue weighted by atomic mass is 9.95. The van der Waals surface area contributed by atoms with Crippen molar-refractivity contribution in [3.05, 3.63) is 94.5 Å². The number of benzene rings is 3. The van der Waals surface area contributed by atoms with Gasteiger partial charge in [0.1, 0.15) is 17.3 Å². The van der Waals surface area contributed by atoms with Crippen LogP contribution in [0.5, 0.6) is 11.5 Å². The number of hydrogen-bond acceptors (Lipinski definition) is 5. The van der Waals surface area contributed by atoms with Crippen molar-refractivity contribution in [2.24, 2.45) is 0 Å².